The van der Waals surface area contributed by atoms with Gasteiger partial charge in [0, 0.05) is 32.4 Å². The summed E-state index contributed by atoms with van der Waals surface area (Å²) in [6.45, 7) is 3.29. The van der Waals surface area contributed by atoms with E-state index in [-0.39, 0.29) is 11.7 Å². The highest BCUT2D eigenvalue weighted by atomic mass is 16.2. The van der Waals surface area contributed by atoms with E-state index in [9.17, 15) is 9.59 Å². The number of amides is 1. The van der Waals surface area contributed by atoms with Crippen molar-refractivity contribution in [3.8, 4) is 0 Å². The Hall–Kier alpha value is -0.860. The van der Waals surface area contributed by atoms with Crippen LogP contribution < -0.4 is 0 Å². The van der Waals surface area contributed by atoms with Crippen molar-refractivity contribution in [2.24, 2.45) is 0 Å². The summed E-state index contributed by atoms with van der Waals surface area (Å²) in [4.78, 5) is 23.8. The fourth-order valence-electron chi connectivity index (χ4n) is 1.25. The van der Waals surface area contributed by atoms with Crippen LogP contribution in [-0.2, 0) is 9.59 Å². The van der Waals surface area contributed by atoms with Gasteiger partial charge < -0.3 is 4.90 Å². The first-order chi connectivity index (χ1) is 5.24. The zero-order chi connectivity index (χ0) is 8.27. The molecule has 1 amide bonds. The maximum Gasteiger partial charge on any atom is 0.223 e. The second-order valence-corrected chi connectivity index (χ2v) is 2.76. The molecule has 0 aliphatic carbocycles. The molecule has 0 unspecified atom stereocenters. The van der Waals surface area contributed by atoms with Gasteiger partial charge in [0.25, 0.3) is 0 Å². The molecule has 0 bridgehead atoms. The van der Waals surface area contributed by atoms with Crippen LogP contribution in [0.25, 0.3) is 0 Å². The predicted octanol–water partition coefficient (Wildman–Crippen LogP) is 0.588. The normalized spacial score (nSPS) is 20.3. The van der Waals surface area contributed by atoms with Gasteiger partial charge in [0.15, 0.2) is 0 Å². The molecule has 3 heteroatoms. The standard InChI is InChI=1S/C8H13NO2/c1-2-9-6-5-7(10)3-4-8(9)11/h2-6H2,1H3. The molecule has 0 aromatic heterocycles. The molecule has 0 saturated carbocycles. The van der Waals surface area contributed by atoms with Crippen LogP contribution >= 0.6 is 0 Å². The lowest BCUT2D eigenvalue weighted by molar-refractivity contribution is -0.130. The number of Topliss-reactive ketones (excluding diaryl/α,β-unsaturated/α-hetero) is 1. The largest absolute Gasteiger partial charge is 0.343 e. The van der Waals surface area contributed by atoms with Crippen molar-refractivity contribution in [1.82, 2.24) is 4.90 Å². The number of carbonyl (C=O) groups is 2. The van der Waals surface area contributed by atoms with Gasteiger partial charge in [0.05, 0.1) is 0 Å². The number of hydrogen-bond acceptors (Lipinski definition) is 2. The molecule has 0 aromatic rings. The molecule has 11 heavy (non-hydrogen) atoms. The number of ketones is 1. The van der Waals surface area contributed by atoms with Crippen molar-refractivity contribution < 1.29 is 9.59 Å². The third-order valence-corrected chi connectivity index (χ3v) is 2.01. The van der Waals surface area contributed by atoms with Crippen molar-refractivity contribution in [3.63, 3.8) is 0 Å². The molecule has 0 spiro atoms. The van der Waals surface area contributed by atoms with Crippen LogP contribution in [0, 0.1) is 0 Å². The summed E-state index contributed by atoms with van der Waals surface area (Å²) in [6, 6.07) is 0. The Bertz CT molecular complexity index is 177. The molecule has 1 saturated heterocycles. The lowest BCUT2D eigenvalue weighted by Crippen LogP contribution is -2.29. The molecule has 1 rings (SSSR count). The average Bonchev–Trinajstić information content (AvgIpc) is 2.15. The number of nitrogens with zero attached hydrogens (tertiary/aromatic N) is 1. The van der Waals surface area contributed by atoms with Crippen LogP contribution in [0.1, 0.15) is 26.2 Å². The summed E-state index contributed by atoms with van der Waals surface area (Å²) in [6.07, 6.45) is 1.39. The first-order valence-corrected chi connectivity index (χ1v) is 4.03. The highest BCUT2D eigenvalue weighted by Gasteiger charge is 2.18. The SMILES string of the molecule is CCN1CCC(=O)CCC1=O. The molecule has 62 valence electrons. The Balaban J connectivity index is 2.55. The number of carbonyl (C=O) groups excluding carboxylic acids is 2. The van der Waals surface area contributed by atoms with E-state index in [2.05, 4.69) is 0 Å². The predicted molar refractivity (Wildman–Crippen MR) is 41.1 cm³/mol. The summed E-state index contributed by atoms with van der Waals surface area (Å²) in [7, 11) is 0. The minimum Gasteiger partial charge on any atom is -0.343 e. The summed E-state index contributed by atoms with van der Waals surface area (Å²) < 4.78 is 0. The van der Waals surface area contributed by atoms with E-state index in [0.29, 0.717) is 25.8 Å². The molecule has 3 nitrogen and oxygen atoms in total. The van der Waals surface area contributed by atoms with Gasteiger partial charge in [0.1, 0.15) is 5.78 Å². The van der Waals surface area contributed by atoms with Crippen LogP contribution in [0.3, 0.4) is 0 Å². The molecule has 1 aliphatic rings. The molecule has 1 fully saturated rings. The number of hydrogen-bond donors (Lipinski definition) is 0. The Labute approximate surface area is 66.4 Å². The van der Waals surface area contributed by atoms with E-state index < -0.39 is 0 Å². The van der Waals surface area contributed by atoms with Gasteiger partial charge in [-0.2, -0.15) is 0 Å². The van der Waals surface area contributed by atoms with Crippen molar-refractivity contribution >= 4 is 11.7 Å². The molecular weight excluding hydrogens is 142 g/mol. The topological polar surface area (TPSA) is 37.4 Å². The van der Waals surface area contributed by atoms with Crippen molar-refractivity contribution in [2.45, 2.75) is 26.2 Å². The molecular formula is C8H13NO2. The van der Waals surface area contributed by atoms with Gasteiger partial charge in [-0.1, -0.05) is 0 Å². The highest BCUT2D eigenvalue weighted by molar-refractivity contribution is 5.87. The van der Waals surface area contributed by atoms with E-state index in [1.165, 1.54) is 0 Å². The summed E-state index contributed by atoms with van der Waals surface area (Å²) in [5.41, 5.74) is 0. The Morgan fingerprint density at radius 1 is 1.27 bits per heavy atom. The maximum absolute atomic E-state index is 11.2. The van der Waals surface area contributed by atoms with E-state index in [4.69, 9.17) is 0 Å². The third kappa shape index (κ3) is 2.03. The molecule has 0 radical (unpaired) electrons. The van der Waals surface area contributed by atoms with Gasteiger partial charge >= 0.3 is 0 Å². The second kappa shape index (κ2) is 3.51. The summed E-state index contributed by atoms with van der Waals surface area (Å²) >= 11 is 0. The zero-order valence-corrected chi connectivity index (χ0v) is 6.80. The quantitative estimate of drug-likeness (QED) is 0.555. The fraction of sp³-hybridized carbons (Fsp3) is 0.750. The van der Waals surface area contributed by atoms with Crippen molar-refractivity contribution in [1.29, 1.82) is 0 Å². The molecule has 0 aromatic carbocycles. The average molecular weight is 155 g/mol. The fourth-order valence-corrected chi connectivity index (χ4v) is 1.25. The molecule has 0 N–H and O–H groups in total. The van der Waals surface area contributed by atoms with Crippen LogP contribution in [0.5, 0.6) is 0 Å². The lowest BCUT2D eigenvalue weighted by atomic mass is 10.2. The maximum atomic E-state index is 11.2. The summed E-state index contributed by atoms with van der Waals surface area (Å²) in [5, 5.41) is 0. The van der Waals surface area contributed by atoms with E-state index in [1.807, 2.05) is 6.92 Å². The number of likely N-dealkylation sites (tertiary alicyclic amines) is 1. The highest BCUT2D eigenvalue weighted by Crippen LogP contribution is 2.07. The Kier molecular flexibility index (Phi) is 2.63. The van der Waals surface area contributed by atoms with Crippen LogP contribution in [0.4, 0.5) is 0 Å². The van der Waals surface area contributed by atoms with Crippen LogP contribution in [-0.4, -0.2) is 29.7 Å². The third-order valence-electron chi connectivity index (χ3n) is 2.01. The summed E-state index contributed by atoms with van der Waals surface area (Å²) in [5.74, 6) is 0.340. The first-order valence-electron chi connectivity index (χ1n) is 4.03. The molecule has 1 heterocycles. The van der Waals surface area contributed by atoms with Gasteiger partial charge in [-0.05, 0) is 6.92 Å². The second-order valence-electron chi connectivity index (χ2n) is 2.76. The Morgan fingerprint density at radius 3 is 2.64 bits per heavy atom. The van der Waals surface area contributed by atoms with Gasteiger partial charge in [-0.15, -0.1) is 0 Å². The van der Waals surface area contributed by atoms with Crippen LogP contribution in [0.2, 0.25) is 0 Å². The van der Waals surface area contributed by atoms with Gasteiger partial charge in [0.2, 0.25) is 5.91 Å². The molecule has 0 atom stereocenters. The molecule has 1 aliphatic heterocycles. The van der Waals surface area contributed by atoms with Crippen molar-refractivity contribution in [3.05, 3.63) is 0 Å². The van der Waals surface area contributed by atoms with E-state index in [1.54, 1.807) is 4.90 Å². The minimum absolute atomic E-state index is 0.123. The van der Waals surface area contributed by atoms with Gasteiger partial charge in [-0.3, -0.25) is 9.59 Å². The van der Waals surface area contributed by atoms with Gasteiger partial charge in [-0.25, -0.2) is 0 Å². The Morgan fingerprint density at radius 2 is 2.00 bits per heavy atom. The lowest BCUT2D eigenvalue weighted by Gasteiger charge is -2.16. The van der Waals surface area contributed by atoms with E-state index in [0.717, 1.165) is 6.54 Å². The van der Waals surface area contributed by atoms with Crippen molar-refractivity contribution in [2.75, 3.05) is 13.1 Å². The minimum atomic E-state index is 0.123. The smallest absolute Gasteiger partial charge is 0.223 e. The zero-order valence-electron chi connectivity index (χ0n) is 6.80. The van der Waals surface area contributed by atoms with E-state index >= 15 is 0 Å². The number of rotatable bonds is 1. The monoisotopic (exact) mass is 155 g/mol. The van der Waals surface area contributed by atoms with Crippen LogP contribution in [0.15, 0.2) is 0 Å². The first kappa shape index (κ1) is 8.24.